The van der Waals surface area contributed by atoms with Crippen molar-refractivity contribution in [2.75, 3.05) is 6.54 Å². The van der Waals surface area contributed by atoms with Crippen LogP contribution in [0, 0.1) is 0 Å². The van der Waals surface area contributed by atoms with Crippen molar-refractivity contribution >= 4 is 10.0 Å². The highest BCUT2D eigenvalue weighted by molar-refractivity contribution is 7.89. The molecular formula is C19H24N6O2S. The van der Waals surface area contributed by atoms with Crippen molar-refractivity contribution in [2.45, 2.75) is 50.7 Å². The van der Waals surface area contributed by atoms with Gasteiger partial charge in [-0.3, -0.25) is 4.68 Å². The number of rotatable bonds is 5. The summed E-state index contributed by atoms with van der Waals surface area (Å²) in [6.45, 7) is 6.02. The Labute approximate surface area is 164 Å². The molecule has 9 heteroatoms. The highest BCUT2D eigenvalue weighted by Gasteiger charge is 2.29. The van der Waals surface area contributed by atoms with Crippen LogP contribution in [0.25, 0.3) is 0 Å². The summed E-state index contributed by atoms with van der Waals surface area (Å²) in [5, 5.41) is 12.7. The Bertz CT molecular complexity index is 1040. The maximum Gasteiger partial charge on any atom is 0.243 e. The highest BCUT2D eigenvalue weighted by Crippen LogP contribution is 2.24. The van der Waals surface area contributed by atoms with Crippen molar-refractivity contribution in [1.82, 2.24) is 29.1 Å². The van der Waals surface area contributed by atoms with E-state index < -0.39 is 10.0 Å². The Morgan fingerprint density at radius 2 is 1.93 bits per heavy atom. The van der Waals surface area contributed by atoms with Crippen molar-refractivity contribution in [2.24, 2.45) is 0 Å². The van der Waals surface area contributed by atoms with Crippen LogP contribution >= 0.6 is 0 Å². The third kappa shape index (κ3) is 3.59. The molecule has 4 rings (SSSR count). The molecule has 1 aliphatic rings. The van der Waals surface area contributed by atoms with Crippen LogP contribution in [-0.2, 0) is 29.7 Å². The minimum absolute atomic E-state index is 0.262. The third-order valence-electron chi connectivity index (χ3n) is 5.08. The molecule has 0 radical (unpaired) electrons. The Morgan fingerprint density at radius 3 is 2.61 bits per heavy atom. The molecule has 3 heterocycles. The van der Waals surface area contributed by atoms with Gasteiger partial charge in [-0.15, -0.1) is 5.10 Å². The summed E-state index contributed by atoms with van der Waals surface area (Å²) >= 11 is 0. The van der Waals surface area contributed by atoms with Crippen LogP contribution in [-0.4, -0.2) is 44.0 Å². The maximum atomic E-state index is 13.2. The van der Waals surface area contributed by atoms with Gasteiger partial charge in [0.15, 0.2) is 0 Å². The summed E-state index contributed by atoms with van der Waals surface area (Å²) in [7, 11) is -3.59. The zero-order chi connectivity index (χ0) is 19.7. The Hall–Kier alpha value is -2.52. The van der Waals surface area contributed by atoms with E-state index in [1.165, 1.54) is 4.31 Å². The van der Waals surface area contributed by atoms with Gasteiger partial charge in [0.1, 0.15) is 5.69 Å². The molecular weight excluding hydrogens is 376 g/mol. The van der Waals surface area contributed by atoms with E-state index in [9.17, 15) is 8.42 Å². The second-order valence-corrected chi connectivity index (χ2v) is 9.26. The topological polar surface area (TPSA) is 85.9 Å². The molecule has 0 unspecified atom stereocenters. The minimum Gasteiger partial charge on any atom is -0.267 e. The van der Waals surface area contributed by atoms with Gasteiger partial charge in [-0.2, -0.15) is 9.40 Å². The Balaban J connectivity index is 1.62. The normalized spacial score (nSPS) is 15.5. The van der Waals surface area contributed by atoms with Gasteiger partial charge in [0, 0.05) is 25.5 Å². The molecule has 2 aromatic heterocycles. The van der Waals surface area contributed by atoms with Crippen molar-refractivity contribution in [3.8, 4) is 0 Å². The number of benzene rings is 1. The number of fused-ring (bicyclic) bond motifs is 1. The first kappa shape index (κ1) is 18.8. The van der Waals surface area contributed by atoms with Gasteiger partial charge in [0.2, 0.25) is 10.0 Å². The number of nitrogens with zero attached hydrogens (tertiary/aromatic N) is 6. The monoisotopic (exact) mass is 400 g/mol. The second kappa shape index (κ2) is 7.48. The summed E-state index contributed by atoms with van der Waals surface area (Å²) in [6.07, 6.45) is 4.26. The van der Waals surface area contributed by atoms with Gasteiger partial charge < -0.3 is 0 Å². The summed E-state index contributed by atoms with van der Waals surface area (Å²) in [5.74, 6) is 0.361. The van der Waals surface area contributed by atoms with Gasteiger partial charge in [0.25, 0.3) is 0 Å². The molecule has 28 heavy (non-hydrogen) atoms. The summed E-state index contributed by atoms with van der Waals surface area (Å²) in [5.41, 5.74) is 2.70. The maximum absolute atomic E-state index is 13.2. The zero-order valence-electron chi connectivity index (χ0n) is 16.1. The van der Waals surface area contributed by atoms with Crippen LogP contribution in [0.3, 0.4) is 0 Å². The third-order valence-corrected chi connectivity index (χ3v) is 6.94. The highest BCUT2D eigenvalue weighted by atomic mass is 32.2. The molecule has 0 amide bonds. The summed E-state index contributed by atoms with van der Waals surface area (Å²) < 4.78 is 31.6. The molecule has 0 saturated carbocycles. The van der Waals surface area contributed by atoms with Crippen molar-refractivity contribution < 1.29 is 8.42 Å². The summed E-state index contributed by atoms with van der Waals surface area (Å²) in [4.78, 5) is 0.325. The van der Waals surface area contributed by atoms with Crippen LogP contribution in [0.5, 0.6) is 0 Å². The van der Waals surface area contributed by atoms with Crippen molar-refractivity contribution in [3.63, 3.8) is 0 Å². The van der Waals surface area contributed by atoms with Crippen LogP contribution < -0.4 is 0 Å². The van der Waals surface area contributed by atoms with Gasteiger partial charge >= 0.3 is 0 Å². The first-order valence-corrected chi connectivity index (χ1v) is 10.9. The predicted molar refractivity (Wildman–Crippen MR) is 104 cm³/mol. The van der Waals surface area contributed by atoms with Crippen molar-refractivity contribution in [1.29, 1.82) is 0 Å². The Kier molecular flexibility index (Phi) is 5.03. The standard InChI is InChI=1S/C19H24N6O2S/c1-15(2)16-5-7-17(8-6-16)28(26,27)24-11-4-12-25-19(14-24)18(21-22-25)13-23-10-3-9-20-23/h3,5-10,15H,4,11-14H2,1-2H3. The summed E-state index contributed by atoms with van der Waals surface area (Å²) in [6, 6.07) is 9.04. The van der Waals surface area contributed by atoms with Crippen LogP contribution in [0.4, 0.5) is 0 Å². The van der Waals surface area contributed by atoms with E-state index in [4.69, 9.17) is 0 Å². The van der Waals surface area contributed by atoms with E-state index >= 15 is 0 Å². The van der Waals surface area contributed by atoms with E-state index in [1.54, 1.807) is 23.0 Å². The molecule has 0 aliphatic carbocycles. The average Bonchev–Trinajstić information content (AvgIpc) is 3.26. The minimum atomic E-state index is -3.59. The smallest absolute Gasteiger partial charge is 0.243 e. The van der Waals surface area contributed by atoms with Gasteiger partial charge in [-0.25, -0.2) is 13.1 Å². The first-order chi connectivity index (χ1) is 13.4. The van der Waals surface area contributed by atoms with E-state index in [1.807, 2.05) is 29.1 Å². The van der Waals surface area contributed by atoms with Gasteiger partial charge in [-0.05, 0) is 36.1 Å². The van der Waals surface area contributed by atoms with E-state index in [0.717, 1.165) is 17.0 Å². The van der Waals surface area contributed by atoms with Crippen LogP contribution in [0.1, 0.15) is 43.1 Å². The average molecular weight is 401 g/mol. The SMILES string of the molecule is CC(C)c1ccc(S(=O)(=O)N2CCCn3nnc(Cn4cccn4)c3C2)cc1. The number of aromatic nitrogens is 5. The molecule has 0 saturated heterocycles. The van der Waals surface area contributed by atoms with Crippen LogP contribution in [0.2, 0.25) is 0 Å². The molecule has 0 bridgehead atoms. The molecule has 8 nitrogen and oxygen atoms in total. The molecule has 0 atom stereocenters. The van der Waals surface area contributed by atoms with Crippen molar-refractivity contribution in [3.05, 3.63) is 59.7 Å². The van der Waals surface area contributed by atoms with E-state index in [-0.39, 0.29) is 6.54 Å². The zero-order valence-corrected chi connectivity index (χ0v) is 16.9. The lowest BCUT2D eigenvalue weighted by Gasteiger charge is -2.20. The van der Waals surface area contributed by atoms with Gasteiger partial charge in [0.05, 0.1) is 23.7 Å². The fourth-order valence-electron chi connectivity index (χ4n) is 3.41. The molecule has 3 aromatic rings. The number of sulfonamides is 1. The fraction of sp³-hybridized carbons (Fsp3) is 0.421. The van der Waals surface area contributed by atoms with Gasteiger partial charge in [-0.1, -0.05) is 31.2 Å². The largest absolute Gasteiger partial charge is 0.267 e. The predicted octanol–water partition coefficient (Wildman–Crippen LogP) is 2.24. The number of hydrogen-bond donors (Lipinski definition) is 0. The number of aryl methyl sites for hydroxylation is 1. The fourth-order valence-corrected chi connectivity index (χ4v) is 4.85. The molecule has 0 N–H and O–H groups in total. The van der Waals surface area contributed by atoms with E-state index in [2.05, 4.69) is 29.3 Å². The van der Waals surface area contributed by atoms with Crippen LogP contribution in [0.15, 0.2) is 47.6 Å². The molecule has 1 aliphatic heterocycles. The lowest BCUT2D eigenvalue weighted by molar-refractivity contribution is 0.407. The molecule has 0 fully saturated rings. The second-order valence-electron chi connectivity index (χ2n) is 7.33. The lowest BCUT2D eigenvalue weighted by Crippen LogP contribution is -2.31. The Morgan fingerprint density at radius 1 is 1.14 bits per heavy atom. The first-order valence-electron chi connectivity index (χ1n) is 9.44. The molecule has 1 aromatic carbocycles. The molecule has 0 spiro atoms. The quantitative estimate of drug-likeness (QED) is 0.656. The lowest BCUT2D eigenvalue weighted by atomic mass is 10.0. The number of hydrogen-bond acceptors (Lipinski definition) is 5. The molecule has 148 valence electrons. The van der Waals surface area contributed by atoms with E-state index in [0.29, 0.717) is 36.9 Å².